The van der Waals surface area contributed by atoms with E-state index in [-0.39, 0.29) is 11.8 Å². The number of aryl methyl sites for hydroxylation is 1. The molecule has 9 heteroatoms. The molecule has 2 heterocycles. The van der Waals surface area contributed by atoms with Crippen LogP contribution in [0.3, 0.4) is 0 Å². The summed E-state index contributed by atoms with van der Waals surface area (Å²) in [4.78, 5) is 29.1. The number of nitrogens with one attached hydrogen (secondary N) is 1. The van der Waals surface area contributed by atoms with Gasteiger partial charge in [-0.25, -0.2) is 0 Å². The van der Waals surface area contributed by atoms with Crippen LogP contribution in [0.25, 0.3) is 0 Å². The normalized spacial score (nSPS) is 13.9. The second-order valence-corrected chi connectivity index (χ2v) is 8.53. The van der Waals surface area contributed by atoms with Gasteiger partial charge in [-0.15, -0.1) is 10.2 Å². The van der Waals surface area contributed by atoms with Crippen LogP contribution in [-0.4, -0.2) is 53.1 Å². The maximum atomic E-state index is 12.8. The highest BCUT2D eigenvalue weighted by Gasteiger charge is 2.22. The lowest BCUT2D eigenvalue weighted by atomic mass is 10.1. The van der Waals surface area contributed by atoms with E-state index in [4.69, 9.17) is 11.6 Å². The van der Waals surface area contributed by atoms with Crippen LogP contribution in [0.1, 0.15) is 25.2 Å². The number of piperazine rings is 1. The van der Waals surface area contributed by atoms with Crippen molar-refractivity contribution in [3.8, 4) is 0 Å². The van der Waals surface area contributed by atoms with Gasteiger partial charge in [0.15, 0.2) is 0 Å². The van der Waals surface area contributed by atoms with Gasteiger partial charge in [-0.1, -0.05) is 29.0 Å². The summed E-state index contributed by atoms with van der Waals surface area (Å²) in [5, 5.41) is 12.2. The van der Waals surface area contributed by atoms with Crippen molar-refractivity contribution in [1.82, 2.24) is 15.1 Å². The fourth-order valence-electron chi connectivity index (χ4n) is 3.29. The number of amides is 2. The van der Waals surface area contributed by atoms with Gasteiger partial charge in [0.2, 0.25) is 5.01 Å². The van der Waals surface area contributed by atoms with E-state index < -0.39 is 0 Å². The van der Waals surface area contributed by atoms with Gasteiger partial charge >= 0.3 is 0 Å². The average molecular weight is 442 g/mol. The number of hydrogen-bond acceptors (Lipinski definition) is 6. The summed E-state index contributed by atoms with van der Waals surface area (Å²) in [6.07, 6.45) is 0. The highest BCUT2D eigenvalue weighted by Crippen LogP contribution is 2.21. The van der Waals surface area contributed by atoms with Crippen molar-refractivity contribution in [3.63, 3.8) is 0 Å². The summed E-state index contributed by atoms with van der Waals surface area (Å²) in [5.74, 6) is -0.324. The SMILES string of the molecule is Cc1nnc(C(=O)Nc2ccc(C(=O)N3CCN(c4cccc(Cl)c4)CC3)cc2)s1. The van der Waals surface area contributed by atoms with Crippen LogP contribution in [0.5, 0.6) is 0 Å². The van der Waals surface area contributed by atoms with Crippen LogP contribution in [0.15, 0.2) is 48.5 Å². The summed E-state index contributed by atoms with van der Waals surface area (Å²) in [6.45, 7) is 4.58. The zero-order valence-corrected chi connectivity index (χ0v) is 17.9. The van der Waals surface area contributed by atoms with Crippen LogP contribution >= 0.6 is 22.9 Å². The molecule has 2 amide bonds. The molecule has 2 aromatic carbocycles. The van der Waals surface area contributed by atoms with Crippen LogP contribution in [-0.2, 0) is 0 Å². The highest BCUT2D eigenvalue weighted by atomic mass is 35.5. The zero-order valence-electron chi connectivity index (χ0n) is 16.3. The fourth-order valence-corrected chi connectivity index (χ4v) is 4.06. The molecule has 0 atom stereocenters. The molecule has 1 N–H and O–H groups in total. The van der Waals surface area contributed by atoms with Gasteiger partial charge in [-0.05, 0) is 49.4 Å². The van der Waals surface area contributed by atoms with Crippen LogP contribution in [0.2, 0.25) is 5.02 Å². The van der Waals surface area contributed by atoms with Crippen molar-refractivity contribution in [3.05, 3.63) is 69.1 Å². The maximum absolute atomic E-state index is 12.8. The minimum absolute atomic E-state index is 0.0154. The minimum Gasteiger partial charge on any atom is -0.368 e. The lowest BCUT2D eigenvalue weighted by Gasteiger charge is -2.36. The Hall–Kier alpha value is -2.97. The molecule has 1 fully saturated rings. The number of anilines is 2. The molecule has 30 heavy (non-hydrogen) atoms. The van der Waals surface area contributed by atoms with E-state index in [1.807, 2.05) is 29.2 Å². The highest BCUT2D eigenvalue weighted by molar-refractivity contribution is 7.13. The maximum Gasteiger partial charge on any atom is 0.286 e. The van der Waals surface area contributed by atoms with E-state index in [1.165, 1.54) is 11.3 Å². The van der Waals surface area contributed by atoms with Gasteiger partial charge in [0, 0.05) is 48.1 Å². The Balaban J connectivity index is 1.34. The molecule has 0 bridgehead atoms. The van der Waals surface area contributed by atoms with Crippen molar-refractivity contribution >= 4 is 46.1 Å². The Morgan fingerprint density at radius 2 is 1.77 bits per heavy atom. The summed E-state index contributed by atoms with van der Waals surface area (Å²) in [7, 11) is 0. The van der Waals surface area contributed by atoms with E-state index in [2.05, 4.69) is 20.4 Å². The second kappa shape index (κ2) is 8.81. The molecule has 1 saturated heterocycles. The van der Waals surface area contributed by atoms with Crippen LogP contribution in [0, 0.1) is 6.92 Å². The summed E-state index contributed by atoms with van der Waals surface area (Å²) in [5.41, 5.74) is 2.27. The molecule has 3 aromatic rings. The van der Waals surface area contributed by atoms with Gasteiger partial charge in [0.25, 0.3) is 11.8 Å². The molecular formula is C21H20ClN5O2S. The molecular weight excluding hydrogens is 422 g/mol. The number of carbonyl (C=O) groups is 2. The third-order valence-electron chi connectivity index (χ3n) is 4.85. The quantitative estimate of drug-likeness (QED) is 0.667. The molecule has 0 aliphatic carbocycles. The Labute approximate surface area is 183 Å². The lowest BCUT2D eigenvalue weighted by molar-refractivity contribution is 0.0746. The van der Waals surface area contributed by atoms with Crippen molar-refractivity contribution in [2.45, 2.75) is 6.92 Å². The van der Waals surface area contributed by atoms with Crippen molar-refractivity contribution < 1.29 is 9.59 Å². The number of aromatic nitrogens is 2. The molecule has 0 unspecified atom stereocenters. The first-order chi connectivity index (χ1) is 14.5. The van der Waals surface area contributed by atoms with E-state index in [9.17, 15) is 9.59 Å². The predicted molar refractivity (Wildman–Crippen MR) is 119 cm³/mol. The standard InChI is InChI=1S/C21H20ClN5O2S/c1-14-24-25-20(30-14)19(28)23-17-7-5-15(6-8-17)21(29)27-11-9-26(10-12-27)18-4-2-3-16(22)13-18/h2-8,13H,9-12H2,1H3,(H,23,28). The number of carbonyl (C=O) groups excluding carboxylic acids is 2. The zero-order chi connectivity index (χ0) is 21.1. The predicted octanol–water partition coefficient (Wildman–Crippen LogP) is 3.71. The lowest BCUT2D eigenvalue weighted by Crippen LogP contribution is -2.48. The van der Waals surface area contributed by atoms with Crippen molar-refractivity contribution in [2.75, 3.05) is 36.4 Å². The first kappa shape index (κ1) is 20.3. The molecule has 7 nitrogen and oxygen atoms in total. The minimum atomic E-state index is -0.309. The average Bonchev–Trinajstić information content (AvgIpc) is 3.20. The Kier molecular flexibility index (Phi) is 5.96. The molecule has 0 radical (unpaired) electrons. The summed E-state index contributed by atoms with van der Waals surface area (Å²) < 4.78 is 0. The van der Waals surface area contributed by atoms with E-state index in [0.717, 1.165) is 23.8 Å². The fraction of sp³-hybridized carbons (Fsp3) is 0.238. The third-order valence-corrected chi connectivity index (χ3v) is 5.92. The molecule has 0 saturated carbocycles. The third kappa shape index (κ3) is 4.60. The van der Waals surface area contributed by atoms with Crippen LogP contribution in [0.4, 0.5) is 11.4 Å². The number of nitrogens with zero attached hydrogens (tertiary/aromatic N) is 4. The summed E-state index contributed by atoms with van der Waals surface area (Å²) in [6, 6.07) is 14.7. The van der Waals surface area contributed by atoms with Crippen molar-refractivity contribution in [2.24, 2.45) is 0 Å². The van der Waals surface area contributed by atoms with Gasteiger partial charge < -0.3 is 15.1 Å². The molecule has 0 spiro atoms. The molecule has 1 aliphatic rings. The van der Waals surface area contributed by atoms with E-state index >= 15 is 0 Å². The first-order valence-corrected chi connectivity index (χ1v) is 10.7. The number of rotatable bonds is 4. The van der Waals surface area contributed by atoms with E-state index in [0.29, 0.717) is 34.4 Å². The largest absolute Gasteiger partial charge is 0.368 e. The molecule has 4 rings (SSSR count). The second-order valence-electron chi connectivity index (χ2n) is 6.92. The smallest absolute Gasteiger partial charge is 0.286 e. The number of halogens is 1. The van der Waals surface area contributed by atoms with Crippen LogP contribution < -0.4 is 10.2 Å². The molecule has 1 aliphatic heterocycles. The Morgan fingerprint density at radius 3 is 2.40 bits per heavy atom. The summed E-state index contributed by atoms with van der Waals surface area (Å²) >= 11 is 7.31. The number of benzene rings is 2. The number of hydrogen-bond donors (Lipinski definition) is 1. The monoisotopic (exact) mass is 441 g/mol. The van der Waals surface area contributed by atoms with Gasteiger partial charge in [-0.2, -0.15) is 0 Å². The molecule has 154 valence electrons. The topological polar surface area (TPSA) is 78.4 Å². The van der Waals surface area contributed by atoms with Gasteiger partial charge in [0.1, 0.15) is 5.01 Å². The first-order valence-electron chi connectivity index (χ1n) is 9.51. The Bertz CT molecular complexity index is 1060. The van der Waals surface area contributed by atoms with E-state index in [1.54, 1.807) is 31.2 Å². The van der Waals surface area contributed by atoms with Crippen molar-refractivity contribution in [1.29, 1.82) is 0 Å². The van der Waals surface area contributed by atoms with Gasteiger partial charge in [-0.3, -0.25) is 9.59 Å². The Morgan fingerprint density at radius 1 is 1.03 bits per heavy atom. The van der Waals surface area contributed by atoms with Gasteiger partial charge in [0.05, 0.1) is 0 Å². The molecule has 1 aromatic heterocycles.